The van der Waals surface area contributed by atoms with Gasteiger partial charge in [-0.05, 0) is 12.8 Å². The van der Waals surface area contributed by atoms with E-state index in [0.717, 1.165) is 44.6 Å². The van der Waals surface area contributed by atoms with Crippen molar-refractivity contribution in [2.24, 2.45) is 0 Å². The average molecular weight is 278 g/mol. The van der Waals surface area contributed by atoms with Gasteiger partial charge < -0.3 is 4.79 Å². The quantitative estimate of drug-likeness (QED) is 0.295. The van der Waals surface area contributed by atoms with E-state index in [1.807, 2.05) is 0 Å². The van der Waals surface area contributed by atoms with E-state index in [1.54, 1.807) is 0 Å². The van der Waals surface area contributed by atoms with Gasteiger partial charge in [0.15, 0.2) is 0 Å². The van der Waals surface area contributed by atoms with Gasteiger partial charge in [0, 0.05) is 6.42 Å². The minimum Gasteiger partial charge on any atom is -0.303 e. The van der Waals surface area contributed by atoms with E-state index >= 15 is 0 Å². The Labute approximate surface area is 111 Å². The van der Waals surface area contributed by atoms with E-state index in [2.05, 4.69) is 4.18 Å². The summed E-state index contributed by atoms with van der Waals surface area (Å²) in [5, 5.41) is 0. The fourth-order valence-electron chi connectivity index (χ4n) is 1.78. The molecule has 0 aromatic rings. The van der Waals surface area contributed by atoms with Crippen LogP contribution in [-0.4, -0.2) is 27.6 Å². The highest BCUT2D eigenvalue weighted by molar-refractivity contribution is 7.85. The smallest absolute Gasteiger partial charge is 0.264 e. The minimum absolute atomic E-state index is 0.310. The molecule has 0 aromatic carbocycles. The van der Waals surface area contributed by atoms with Crippen molar-refractivity contribution in [3.63, 3.8) is 0 Å². The van der Waals surface area contributed by atoms with E-state index < -0.39 is 10.1 Å². The molecule has 0 rings (SSSR count). The zero-order valence-corrected chi connectivity index (χ0v) is 12.2. The first-order valence-corrected chi connectivity index (χ1v) is 8.66. The molecule has 0 aliphatic heterocycles. The zero-order valence-electron chi connectivity index (χ0n) is 11.4. The molecule has 0 atom stereocenters. The van der Waals surface area contributed by atoms with Gasteiger partial charge in [0.25, 0.3) is 10.1 Å². The molecule has 0 radical (unpaired) electrons. The second kappa shape index (κ2) is 11.7. The molecule has 0 aliphatic rings. The van der Waals surface area contributed by atoms with Crippen molar-refractivity contribution in [2.75, 3.05) is 12.9 Å². The normalized spacial score (nSPS) is 11.6. The molecule has 0 aromatic heterocycles. The lowest BCUT2D eigenvalue weighted by molar-refractivity contribution is -0.107. The minimum atomic E-state index is -3.26. The van der Waals surface area contributed by atoms with Crippen LogP contribution in [0.4, 0.5) is 0 Å². The first-order chi connectivity index (χ1) is 8.56. The monoisotopic (exact) mass is 278 g/mol. The van der Waals surface area contributed by atoms with E-state index in [9.17, 15) is 13.2 Å². The SMILES string of the molecule is CS(=O)(=O)OCCCCCCCCCCCC=O. The van der Waals surface area contributed by atoms with Crippen LogP contribution in [-0.2, 0) is 19.1 Å². The van der Waals surface area contributed by atoms with E-state index in [4.69, 9.17) is 0 Å². The van der Waals surface area contributed by atoms with Crippen LogP contribution < -0.4 is 0 Å². The zero-order chi connectivity index (χ0) is 13.7. The molecule has 108 valence electrons. The third kappa shape index (κ3) is 15.6. The maximum atomic E-state index is 10.7. The van der Waals surface area contributed by atoms with Gasteiger partial charge in [-0.1, -0.05) is 44.9 Å². The summed E-state index contributed by atoms with van der Waals surface area (Å²) in [6.07, 6.45) is 12.8. The van der Waals surface area contributed by atoms with E-state index in [1.165, 1.54) is 25.7 Å². The first-order valence-electron chi connectivity index (χ1n) is 6.84. The highest BCUT2D eigenvalue weighted by Gasteiger charge is 2.00. The third-order valence-electron chi connectivity index (χ3n) is 2.76. The van der Waals surface area contributed by atoms with Crippen molar-refractivity contribution in [3.05, 3.63) is 0 Å². The lowest BCUT2D eigenvalue weighted by Crippen LogP contribution is -2.03. The molecule has 0 bridgehead atoms. The molecular weight excluding hydrogens is 252 g/mol. The Kier molecular flexibility index (Phi) is 11.4. The largest absolute Gasteiger partial charge is 0.303 e. The van der Waals surface area contributed by atoms with Gasteiger partial charge in [-0.25, -0.2) is 0 Å². The molecule has 0 unspecified atom stereocenters. The molecule has 4 nitrogen and oxygen atoms in total. The molecule has 0 amide bonds. The fourth-order valence-corrected chi connectivity index (χ4v) is 2.20. The van der Waals surface area contributed by atoms with Crippen molar-refractivity contribution in [1.82, 2.24) is 0 Å². The second-order valence-electron chi connectivity index (χ2n) is 4.66. The lowest BCUT2D eigenvalue weighted by Gasteiger charge is -2.02. The summed E-state index contributed by atoms with van der Waals surface area (Å²) in [6.45, 7) is 0.310. The fraction of sp³-hybridized carbons (Fsp3) is 0.923. The molecule has 0 heterocycles. The number of rotatable bonds is 13. The number of unbranched alkanes of at least 4 members (excludes halogenated alkanes) is 9. The van der Waals surface area contributed by atoms with Crippen molar-refractivity contribution >= 4 is 16.4 Å². The van der Waals surface area contributed by atoms with Crippen LogP contribution in [0.1, 0.15) is 64.2 Å². The second-order valence-corrected chi connectivity index (χ2v) is 6.31. The summed E-state index contributed by atoms with van der Waals surface area (Å²) in [6, 6.07) is 0. The molecule has 0 saturated carbocycles. The predicted octanol–water partition coefficient (Wildman–Crippen LogP) is 3.06. The molecule has 0 N–H and O–H groups in total. The molecule has 0 fully saturated rings. The predicted molar refractivity (Wildman–Crippen MR) is 73.0 cm³/mol. The highest BCUT2D eigenvalue weighted by Crippen LogP contribution is 2.10. The van der Waals surface area contributed by atoms with Gasteiger partial charge in [-0.15, -0.1) is 0 Å². The summed E-state index contributed by atoms with van der Waals surface area (Å²) in [7, 11) is -3.26. The molecule has 18 heavy (non-hydrogen) atoms. The Morgan fingerprint density at radius 2 is 1.28 bits per heavy atom. The highest BCUT2D eigenvalue weighted by atomic mass is 32.2. The van der Waals surface area contributed by atoms with Gasteiger partial charge >= 0.3 is 0 Å². The van der Waals surface area contributed by atoms with E-state index in [-0.39, 0.29) is 0 Å². The molecule has 0 spiro atoms. The number of carbonyl (C=O) groups is 1. The number of aldehydes is 1. The van der Waals surface area contributed by atoms with Crippen LogP contribution in [0.3, 0.4) is 0 Å². The van der Waals surface area contributed by atoms with Crippen molar-refractivity contribution < 1.29 is 17.4 Å². The van der Waals surface area contributed by atoms with Gasteiger partial charge in [0.05, 0.1) is 12.9 Å². The van der Waals surface area contributed by atoms with E-state index in [0.29, 0.717) is 13.0 Å². The molecule has 0 saturated heterocycles. The summed E-state index contributed by atoms with van der Waals surface area (Å²) < 4.78 is 26.0. The van der Waals surface area contributed by atoms with Gasteiger partial charge in [0.1, 0.15) is 6.29 Å². The number of hydrogen-bond donors (Lipinski definition) is 0. The Hall–Kier alpha value is -0.420. The Morgan fingerprint density at radius 1 is 0.833 bits per heavy atom. The molecule has 5 heteroatoms. The first kappa shape index (κ1) is 17.6. The topological polar surface area (TPSA) is 60.4 Å². The molecule has 0 aliphatic carbocycles. The lowest BCUT2D eigenvalue weighted by atomic mass is 10.1. The van der Waals surface area contributed by atoms with Gasteiger partial charge in [0.2, 0.25) is 0 Å². The average Bonchev–Trinajstić information content (AvgIpc) is 2.29. The maximum Gasteiger partial charge on any atom is 0.264 e. The standard InChI is InChI=1S/C13H26O4S/c1-18(15,16)17-13-11-9-7-5-3-2-4-6-8-10-12-14/h12H,2-11,13H2,1H3. The van der Waals surface area contributed by atoms with Crippen LogP contribution in [0.25, 0.3) is 0 Å². The number of hydrogen-bond acceptors (Lipinski definition) is 4. The summed E-state index contributed by atoms with van der Waals surface area (Å²) >= 11 is 0. The summed E-state index contributed by atoms with van der Waals surface area (Å²) in [5.41, 5.74) is 0. The Morgan fingerprint density at radius 3 is 1.72 bits per heavy atom. The Balaban J connectivity index is 3.05. The van der Waals surface area contributed by atoms with Crippen molar-refractivity contribution in [2.45, 2.75) is 64.2 Å². The Bertz CT molecular complexity index is 285. The van der Waals surface area contributed by atoms with Crippen LogP contribution in [0.5, 0.6) is 0 Å². The van der Waals surface area contributed by atoms with Gasteiger partial charge in [-0.2, -0.15) is 8.42 Å². The molecular formula is C13H26O4S. The number of carbonyl (C=O) groups excluding carboxylic acids is 1. The summed E-state index contributed by atoms with van der Waals surface area (Å²) in [5.74, 6) is 0. The van der Waals surface area contributed by atoms with Gasteiger partial charge in [-0.3, -0.25) is 4.18 Å². The third-order valence-corrected chi connectivity index (χ3v) is 3.36. The van der Waals surface area contributed by atoms with Crippen molar-refractivity contribution in [3.8, 4) is 0 Å². The maximum absolute atomic E-state index is 10.7. The van der Waals surface area contributed by atoms with Crippen LogP contribution >= 0.6 is 0 Å². The summed E-state index contributed by atoms with van der Waals surface area (Å²) in [4.78, 5) is 10.1. The van der Waals surface area contributed by atoms with Crippen LogP contribution in [0.2, 0.25) is 0 Å². The van der Waals surface area contributed by atoms with Crippen LogP contribution in [0, 0.1) is 0 Å². The van der Waals surface area contributed by atoms with Crippen molar-refractivity contribution in [1.29, 1.82) is 0 Å². The van der Waals surface area contributed by atoms with Crippen LogP contribution in [0.15, 0.2) is 0 Å².